The molecule has 0 radical (unpaired) electrons. The lowest BCUT2D eigenvalue weighted by Crippen LogP contribution is -2.44. The molecular weight excluding hydrogens is 653 g/mol. The Morgan fingerprint density at radius 2 is 1.47 bits per heavy atom. The number of benzene rings is 1. The van der Waals surface area contributed by atoms with Gasteiger partial charge < -0.3 is 18.0 Å². The van der Waals surface area contributed by atoms with Crippen LogP contribution in [-0.2, 0) is 18.1 Å². The van der Waals surface area contributed by atoms with E-state index < -0.39 is 30.6 Å². The van der Waals surface area contributed by atoms with Crippen LogP contribution in [0.3, 0.4) is 0 Å². The largest absolute Gasteiger partial charge is 0.494 e. The Morgan fingerprint density at radius 1 is 0.851 bits per heavy atom. The Morgan fingerprint density at radius 3 is 2.02 bits per heavy atom. The van der Waals surface area contributed by atoms with Gasteiger partial charge in [-0.1, -0.05) is 78.0 Å². The minimum absolute atomic E-state index is 0.0531. The first-order chi connectivity index (χ1) is 21.5. The lowest BCUT2D eigenvalue weighted by molar-refractivity contribution is -0.112. The summed E-state index contributed by atoms with van der Waals surface area (Å²) in [5.74, 6) is 0.957. The van der Waals surface area contributed by atoms with Gasteiger partial charge in [0.15, 0.2) is 30.7 Å². The number of Topliss-reactive ketones (excluding diaryl/α,β-unsaturated/α-hetero) is 1. The first-order valence-electron chi connectivity index (χ1n) is 17.4. The fraction of sp³-hybridized carbons (Fsp3) is 0.658. The standard InChI is InChI=1S/C38H66O5SSi3/c1-36(2,3)46(11,12)41-29-21-25-32(42-47(13,14)37(4,5)6)24-20-26-33-35(39)34(44-7)30-38(33,43-45(8,9)10)27-18-19-28-40-31-22-16-15-17-23-31/h15-17,20,22-24,26,30,32H,18-19,21,25,27-29H2,1-14H3/b24-20+,33-26?. The second-order valence-electron chi connectivity index (χ2n) is 16.9. The van der Waals surface area contributed by atoms with Crippen molar-refractivity contribution >= 4 is 42.5 Å². The second-order valence-corrected chi connectivity index (χ2v) is 31.7. The number of ketones is 1. The molecule has 2 unspecified atom stereocenters. The predicted molar refractivity (Wildman–Crippen MR) is 211 cm³/mol. The van der Waals surface area contributed by atoms with E-state index in [9.17, 15) is 4.79 Å². The highest BCUT2D eigenvalue weighted by Gasteiger charge is 2.46. The van der Waals surface area contributed by atoms with Crippen LogP contribution in [0.1, 0.15) is 73.6 Å². The third kappa shape index (κ3) is 12.9. The Labute approximate surface area is 295 Å². The lowest BCUT2D eigenvalue weighted by atomic mass is 9.90. The van der Waals surface area contributed by atoms with E-state index in [-0.39, 0.29) is 22.0 Å². The summed E-state index contributed by atoms with van der Waals surface area (Å²) in [5, 5.41) is 0.283. The summed E-state index contributed by atoms with van der Waals surface area (Å²) in [6.45, 7) is 30.9. The molecule has 1 aromatic rings. The molecule has 5 nitrogen and oxygen atoms in total. The third-order valence-electron chi connectivity index (χ3n) is 9.69. The SMILES string of the molecule is CSC1=CC(CCCCOc2ccccc2)(O[Si](C)(C)C)C(=C/C=C/C(CCCO[Si](C)(C)C(C)(C)C)O[Si](C)(C)C(C)(C)C)C1=O. The maximum absolute atomic E-state index is 13.8. The van der Waals surface area contributed by atoms with E-state index in [4.69, 9.17) is 18.0 Å². The van der Waals surface area contributed by atoms with Crippen molar-refractivity contribution in [1.29, 1.82) is 0 Å². The molecule has 0 heterocycles. The molecule has 9 heteroatoms. The van der Waals surface area contributed by atoms with Crippen molar-refractivity contribution in [2.24, 2.45) is 0 Å². The number of carbonyl (C=O) groups is 1. The molecule has 0 amide bonds. The number of carbonyl (C=O) groups excluding carboxylic acids is 1. The van der Waals surface area contributed by atoms with Gasteiger partial charge in [0.2, 0.25) is 0 Å². The van der Waals surface area contributed by atoms with Gasteiger partial charge in [-0.05, 0) is 112 Å². The lowest BCUT2D eigenvalue weighted by Gasteiger charge is -2.39. The van der Waals surface area contributed by atoms with Crippen LogP contribution in [0.25, 0.3) is 0 Å². The number of thioether (sulfide) groups is 1. The van der Waals surface area contributed by atoms with Gasteiger partial charge in [-0.15, -0.1) is 11.8 Å². The van der Waals surface area contributed by atoms with Gasteiger partial charge in [-0.2, -0.15) is 0 Å². The van der Waals surface area contributed by atoms with Gasteiger partial charge >= 0.3 is 0 Å². The average Bonchev–Trinajstić information content (AvgIpc) is 3.18. The predicted octanol–water partition coefficient (Wildman–Crippen LogP) is 11.3. The Bertz CT molecular complexity index is 1240. The van der Waals surface area contributed by atoms with Crippen LogP contribution in [0.2, 0.25) is 55.9 Å². The average molecular weight is 719 g/mol. The van der Waals surface area contributed by atoms with Gasteiger partial charge in [-0.3, -0.25) is 4.79 Å². The zero-order valence-electron chi connectivity index (χ0n) is 32.2. The first kappa shape index (κ1) is 42.0. The van der Waals surface area contributed by atoms with Crippen molar-refractivity contribution in [3.05, 3.63) is 65.1 Å². The number of ether oxygens (including phenoxy) is 1. The van der Waals surface area contributed by atoms with Crippen LogP contribution >= 0.6 is 11.8 Å². The fourth-order valence-corrected chi connectivity index (χ4v) is 9.35. The molecule has 0 N–H and O–H groups in total. The number of hydrogen-bond donors (Lipinski definition) is 0. The van der Waals surface area contributed by atoms with Crippen LogP contribution in [0.15, 0.2) is 65.1 Å². The maximum Gasteiger partial charge on any atom is 0.198 e. The fourth-order valence-electron chi connectivity index (χ4n) is 4.99. The van der Waals surface area contributed by atoms with Crippen molar-refractivity contribution in [2.75, 3.05) is 19.5 Å². The highest BCUT2D eigenvalue weighted by Crippen LogP contribution is 2.44. The van der Waals surface area contributed by atoms with Gasteiger partial charge in [0.1, 0.15) is 11.4 Å². The highest BCUT2D eigenvalue weighted by atomic mass is 32.2. The molecule has 266 valence electrons. The summed E-state index contributed by atoms with van der Waals surface area (Å²) in [5.41, 5.74) is 0.000820. The maximum atomic E-state index is 13.8. The summed E-state index contributed by atoms with van der Waals surface area (Å²) in [7, 11) is -5.87. The zero-order chi connectivity index (χ0) is 35.7. The van der Waals surface area contributed by atoms with E-state index in [0.29, 0.717) is 6.61 Å². The van der Waals surface area contributed by atoms with Crippen molar-refractivity contribution in [3.63, 3.8) is 0 Å². The molecule has 0 fully saturated rings. The zero-order valence-corrected chi connectivity index (χ0v) is 36.0. The molecule has 1 aliphatic carbocycles. The summed E-state index contributed by atoms with van der Waals surface area (Å²) in [6, 6.07) is 9.93. The molecule has 1 aromatic carbocycles. The molecule has 0 aliphatic heterocycles. The van der Waals surface area contributed by atoms with Crippen LogP contribution in [0.5, 0.6) is 5.75 Å². The quantitative estimate of drug-likeness (QED) is 0.0856. The van der Waals surface area contributed by atoms with Crippen molar-refractivity contribution < 1.29 is 22.8 Å². The summed E-state index contributed by atoms with van der Waals surface area (Å²) in [4.78, 5) is 14.6. The van der Waals surface area contributed by atoms with Gasteiger partial charge in [0.25, 0.3) is 0 Å². The molecule has 1 aliphatic rings. The van der Waals surface area contributed by atoms with Crippen LogP contribution < -0.4 is 4.74 Å². The molecule has 47 heavy (non-hydrogen) atoms. The molecule has 0 saturated carbocycles. The van der Waals surface area contributed by atoms with Crippen molar-refractivity contribution in [2.45, 2.75) is 141 Å². The molecular formula is C38H66O5SSi3. The molecule has 2 rings (SSSR count). The topological polar surface area (TPSA) is 54.0 Å². The van der Waals surface area contributed by atoms with E-state index in [0.717, 1.165) is 54.9 Å². The molecule has 2 atom stereocenters. The van der Waals surface area contributed by atoms with Crippen LogP contribution in [-0.4, -0.2) is 61.9 Å². The summed E-state index contributed by atoms with van der Waals surface area (Å²) >= 11 is 1.51. The second kappa shape index (κ2) is 17.1. The molecule has 0 saturated heterocycles. The number of unbranched alkanes of at least 4 members (excludes halogenated alkanes) is 1. The third-order valence-corrected chi connectivity index (χ3v) is 20.5. The van der Waals surface area contributed by atoms with Crippen LogP contribution in [0, 0.1) is 0 Å². The van der Waals surface area contributed by atoms with E-state index in [1.807, 2.05) is 42.7 Å². The monoisotopic (exact) mass is 718 g/mol. The summed E-state index contributed by atoms with van der Waals surface area (Å²) < 4.78 is 26.3. The number of allylic oxidation sites excluding steroid dienone is 3. The molecule has 0 spiro atoms. The van der Waals surface area contributed by atoms with Crippen LogP contribution in [0.4, 0.5) is 0 Å². The van der Waals surface area contributed by atoms with Gasteiger partial charge in [-0.25, -0.2) is 0 Å². The molecule has 0 bridgehead atoms. The number of para-hydroxylation sites is 1. The van der Waals surface area contributed by atoms with Gasteiger partial charge in [0, 0.05) is 12.2 Å². The Kier molecular flexibility index (Phi) is 15.3. The van der Waals surface area contributed by atoms with E-state index in [1.54, 1.807) is 0 Å². The van der Waals surface area contributed by atoms with Gasteiger partial charge in [0.05, 0.1) is 17.6 Å². The normalized spacial score (nSPS) is 19.9. The smallest absolute Gasteiger partial charge is 0.198 e. The Balaban J connectivity index is 2.32. The highest BCUT2D eigenvalue weighted by molar-refractivity contribution is 8.03. The minimum atomic E-state index is -2.03. The number of hydrogen-bond acceptors (Lipinski definition) is 6. The van der Waals surface area contributed by atoms with Crippen molar-refractivity contribution in [3.8, 4) is 5.75 Å². The van der Waals surface area contributed by atoms with Crippen molar-refractivity contribution in [1.82, 2.24) is 0 Å². The first-order valence-corrected chi connectivity index (χ1v) is 27.9. The summed E-state index contributed by atoms with van der Waals surface area (Å²) in [6.07, 6.45) is 14.6. The van der Waals surface area contributed by atoms with E-state index in [2.05, 4.69) is 106 Å². The Hall–Kier alpha value is -1.21. The number of rotatable bonds is 18. The van der Waals surface area contributed by atoms with E-state index >= 15 is 0 Å². The van der Waals surface area contributed by atoms with E-state index in [1.165, 1.54) is 11.8 Å². The molecule has 0 aromatic heterocycles. The minimum Gasteiger partial charge on any atom is -0.494 e.